The van der Waals surface area contributed by atoms with Crippen LogP contribution in [0.1, 0.15) is 50.2 Å². The Morgan fingerprint density at radius 2 is 1.90 bits per heavy atom. The molecule has 0 unspecified atom stereocenters. The second-order valence-corrected chi connectivity index (χ2v) is 7.16. The average molecular weight is 296 g/mol. The normalized spacial score (nSPS) is 17.3. The summed E-state index contributed by atoms with van der Waals surface area (Å²) in [6, 6.07) is 5.35. The molecule has 5 heteroatoms. The van der Waals surface area contributed by atoms with Crippen molar-refractivity contribution in [3.05, 3.63) is 29.3 Å². The van der Waals surface area contributed by atoms with Gasteiger partial charge >= 0.3 is 0 Å². The van der Waals surface area contributed by atoms with E-state index in [-0.39, 0.29) is 6.04 Å². The maximum atomic E-state index is 12.4. The fourth-order valence-electron chi connectivity index (χ4n) is 2.81. The van der Waals surface area contributed by atoms with Gasteiger partial charge in [-0.1, -0.05) is 32.3 Å². The first-order valence-electron chi connectivity index (χ1n) is 7.41. The highest BCUT2D eigenvalue weighted by molar-refractivity contribution is 7.89. The Labute approximate surface area is 121 Å². The molecule has 3 N–H and O–H groups in total. The maximum absolute atomic E-state index is 12.4. The van der Waals surface area contributed by atoms with Crippen LogP contribution in [0.5, 0.6) is 0 Å². The zero-order valence-electron chi connectivity index (χ0n) is 12.1. The molecule has 1 fully saturated rings. The zero-order valence-corrected chi connectivity index (χ0v) is 12.9. The number of hydrogen-bond donors (Lipinski definition) is 2. The molecule has 1 aliphatic rings. The van der Waals surface area contributed by atoms with Crippen LogP contribution in [0.25, 0.3) is 0 Å². The molecule has 0 heterocycles. The van der Waals surface area contributed by atoms with Gasteiger partial charge in [0.2, 0.25) is 10.0 Å². The highest BCUT2D eigenvalue weighted by atomic mass is 32.2. The monoisotopic (exact) mass is 296 g/mol. The molecule has 0 spiro atoms. The third-order valence-corrected chi connectivity index (χ3v) is 5.53. The first-order chi connectivity index (χ1) is 9.56. The quantitative estimate of drug-likeness (QED) is 0.876. The number of aryl methyl sites for hydroxylation is 1. The van der Waals surface area contributed by atoms with E-state index in [0.29, 0.717) is 11.4 Å². The molecule has 1 aromatic carbocycles. The van der Waals surface area contributed by atoms with Crippen LogP contribution in [0.15, 0.2) is 23.1 Å². The highest BCUT2D eigenvalue weighted by Crippen LogP contribution is 2.21. The van der Waals surface area contributed by atoms with Gasteiger partial charge in [0.15, 0.2) is 0 Å². The van der Waals surface area contributed by atoms with Crippen molar-refractivity contribution in [1.29, 1.82) is 0 Å². The SMILES string of the molecule is CCc1ccc(S(=O)(=O)NC2CCCCC2)cc1CN. The molecule has 2 rings (SSSR count). The van der Waals surface area contributed by atoms with E-state index in [2.05, 4.69) is 4.72 Å². The molecule has 0 saturated heterocycles. The van der Waals surface area contributed by atoms with Crippen LogP contribution in [0.4, 0.5) is 0 Å². The summed E-state index contributed by atoms with van der Waals surface area (Å²) in [7, 11) is -3.42. The van der Waals surface area contributed by atoms with E-state index >= 15 is 0 Å². The van der Waals surface area contributed by atoms with Crippen molar-refractivity contribution in [3.8, 4) is 0 Å². The molecular formula is C15H24N2O2S. The van der Waals surface area contributed by atoms with E-state index in [1.165, 1.54) is 6.42 Å². The van der Waals surface area contributed by atoms with Crippen molar-refractivity contribution >= 4 is 10.0 Å². The largest absolute Gasteiger partial charge is 0.326 e. The van der Waals surface area contributed by atoms with Crippen molar-refractivity contribution in [2.45, 2.75) is 62.9 Å². The fourth-order valence-corrected chi connectivity index (χ4v) is 4.17. The zero-order chi connectivity index (χ0) is 14.6. The van der Waals surface area contributed by atoms with Crippen molar-refractivity contribution in [2.75, 3.05) is 0 Å². The number of sulfonamides is 1. The van der Waals surface area contributed by atoms with Gasteiger partial charge in [-0.2, -0.15) is 0 Å². The first kappa shape index (κ1) is 15.5. The summed E-state index contributed by atoms with van der Waals surface area (Å²) in [6.07, 6.45) is 6.17. The van der Waals surface area contributed by atoms with Crippen molar-refractivity contribution < 1.29 is 8.42 Å². The number of nitrogens with one attached hydrogen (secondary N) is 1. The van der Waals surface area contributed by atoms with Gasteiger partial charge in [0, 0.05) is 12.6 Å². The maximum Gasteiger partial charge on any atom is 0.240 e. The Morgan fingerprint density at radius 3 is 2.50 bits per heavy atom. The fraction of sp³-hybridized carbons (Fsp3) is 0.600. The van der Waals surface area contributed by atoms with E-state index in [0.717, 1.165) is 43.2 Å². The minimum absolute atomic E-state index is 0.0842. The van der Waals surface area contributed by atoms with Crippen molar-refractivity contribution in [3.63, 3.8) is 0 Å². The molecular weight excluding hydrogens is 272 g/mol. The molecule has 20 heavy (non-hydrogen) atoms. The molecule has 0 amide bonds. The number of rotatable bonds is 5. The Morgan fingerprint density at radius 1 is 1.20 bits per heavy atom. The lowest BCUT2D eigenvalue weighted by atomic mass is 9.96. The predicted molar refractivity (Wildman–Crippen MR) is 80.9 cm³/mol. The molecule has 112 valence electrons. The lowest BCUT2D eigenvalue weighted by Crippen LogP contribution is -2.36. The molecule has 0 aliphatic heterocycles. The molecule has 0 atom stereocenters. The Balaban J connectivity index is 2.20. The summed E-state index contributed by atoms with van der Waals surface area (Å²) in [5.74, 6) is 0. The molecule has 1 aromatic rings. The van der Waals surface area contributed by atoms with Gasteiger partial charge in [0.1, 0.15) is 0 Å². The summed E-state index contributed by atoms with van der Waals surface area (Å²) < 4.78 is 27.7. The lowest BCUT2D eigenvalue weighted by Gasteiger charge is -2.22. The van der Waals surface area contributed by atoms with E-state index in [9.17, 15) is 8.42 Å². The molecule has 0 bridgehead atoms. The lowest BCUT2D eigenvalue weighted by molar-refractivity contribution is 0.412. The topological polar surface area (TPSA) is 72.2 Å². The second-order valence-electron chi connectivity index (χ2n) is 5.44. The third kappa shape index (κ3) is 3.59. The highest BCUT2D eigenvalue weighted by Gasteiger charge is 2.22. The predicted octanol–water partition coefficient (Wildman–Crippen LogP) is 2.32. The Kier molecular flexibility index (Phi) is 5.18. The summed E-state index contributed by atoms with van der Waals surface area (Å²) in [5, 5.41) is 0. The average Bonchev–Trinajstić information content (AvgIpc) is 2.47. The third-order valence-electron chi connectivity index (χ3n) is 4.02. The summed E-state index contributed by atoms with van der Waals surface area (Å²) in [5.41, 5.74) is 7.74. The van der Waals surface area contributed by atoms with Crippen molar-refractivity contribution in [2.24, 2.45) is 5.73 Å². The van der Waals surface area contributed by atoms with Gasteiger partial charge in [-0.15, -0.1) is 0 Å². The smallest absolute Gasteiger partial charge is 0.240 e. The van der Waals surface area contributed by atoms with Crippen LogP contribution >= 0.6 is 0 Å². The summed E-state index contributed by atoms with van der Waals surface area (Å²) in [4.78, 5) is 0.334. The number of benzene rings is 1. The minimum atomic E-state index is -3.42. The standard InChI is InChI=1S/C15H24N2O2S/c1-2-12-8-9-15(10-13(12)11-16)20(18,19)17-14-6-4-3-5-7-14/h8-10,14,17H,2-7,11,16H2,1H3. The number of nitrogens with two attached hydrogens (primary N) is 1. The van der Waals surface area contributed by atoms with Crippen molar-refractivity contribution in [1.82, 2.24) is 4.72 Å². The van der Waals surface area contributed by atoms with Crippen LogP contribution in [-0.4, -0.2) is 14.5 Å². The van der Waals surface area contributed by atoms with E-state index in [1.807, 2.05) is 13.0 Å². The second kappa shape index (κ2) is 6.70. The van der Waals surface area contributed by atoms with Crippen LogP contribution in [-0.2, 0) is 23.0 Å². The first-order valence-corrected chi connectivity index (χ1v) is 8.89. The van der Waals surface area contributed by atoms with Gasteiger partial charge < -0.3 is 5.73 Å². The molecule has 0 radical (unpaired) electrons. The Bertz CT molecular complexity index is 549. The van der Waals surface area contributed by atoms with Crippen LogP contribution in [0.3, 0.4) is 0 Å². The molecule has 1 saturated carbocycles. The van der Waals surface area contributed by atoms with E-state index in [4.69, 9.17) is 5.73 Å². The van der Waals surface area contributed by atoms with E-state index < -0.39 is 10.0 Å². The van der Waals surface area contributed by atoms with Gasteiger partial charge in [-0.05, 0) is 42.5 Å². The molecule has 4 nitrogen and oxygen atoms in total. The van der Waals surface area contributed by atoms with Gasteiger partial charge in [0.25, 0.3) is 0 Å². The minimum Gasteiger partial charge on any atom is -0.326 e. The van der Waals surface area contributed by atoms with Crippen LogP contribution < -0.4 is 10.5 Å². The number of hydrogen-bond acceptors (Lipinski definition) is 3. The van der Waals surface area contributed by atoms with Gasteiger partial charge in [-0.3, -0.25) is 0 Å². The van der Waals surface area contributed by atoms with Crippen LogP contribution in [0.2, 0.25) is 0 Å². The molecule has 0 aromatic heterocycles. The molecule has 1 aliphatic carbocycles. The summed E-state index contributed by atoms with van der Waals surface area (Å²) in [6.45, 7) is 2.42. The van der Waals surface area contributed by atoms with E-state index in [1.54, 1.807) is 12.1 Å². The van der Waals surface area contributed by atoms with Gasteiger partial charge in [-0.25, -0.2) is 13.1 Å². The Hall–Kier alpha value is -0.910. The van der Waals surface area contributed by atoms with Gasteiger partial charge in [0.05, 0.1) is 4.90 Å². The van der Waals surface area contributed by atoms with Crippen LogP contribution in [0, 0.1) is 0 Å². The summed E-state index contributed by atoms with van der Waals surface area (Å²) >= 11 is 0.